The predicted octanol–water partition coefficient (Wildman–Crippen LogP) is 2.15. The average Bonchev–Trinajstić information content (AvgIpc) is 2.65. The Hall–Kier alpha value is -2.16. The van der Waals surface area contributed by atoms with E-state index in [9.17, 15) is 14.4 Å². The second-order valence-electron chi connectivity index (χ2n) is 7.08. The average molecular weight is 415 g/mol. The Morgan fingerprint density at radius 1 is 1.11 bits per heavy atom. The fourth-order valence-corrected chi connectivity index (χ4v) is 3.23. The molecule has 8 nitrogen and oxygen atoms in total. The molecule has 1 aromatic carbocycles. The minimum absolute atomic E-state index is 0. The summed E-state index contributed by atoms with van der Waals surface area (Å²) in [7, 11) is 2.45. The van der Waals surface area contributed by atoms with Crippen LogP contribution in [0.2, 0.25) is 0 Å². The van der Waals surface area contributed by atoms with Crippen LogP contribution in [0, 0.1) is 5.41 Å². The molecular formula is C19H27ClN2O6. The quantitative estimate of drug-likeness (QED) is 0.685. The molecule has 2 atom stereocenters. The number of benzene rings is 1. The van der Waals surface area contributed by atoms with Crippen LogP contribution in [-0.2, 0) is 19.0 Å². The molecule has 3 N–H and O–H groups in total. The normalized spacial score (nSPS) is 22.3. The van der Waals surface area contributed by atoms with Crippen molar-refractivity contribution in [2.45, 2.75) is 38.8 Å². The molecule has 0 bridgehead atoms. The summed E-state index contributed by atoms with van der Waals surface area (Å²) in [5, 5.41) is 2.71. The monoisotopic (exact) mass is 414 g/mol. The molecule has 0 spiro atoms. The lowest BCUT2D eigenvalue weighted by Crippen LogP contribution is -2.74. The van der Waals surface area contributed by atoms with Crippen LogP contribution in [-0.4, -0.2) is 50.3 Å². The molecule has 2 unspecified atom stereocenters. The Bertz CT molecular complexity index is 733. The number of carbonyl (C=O) groups excluding carboxylic acids is 3. The van der Waals surface area contributed by atoms with E-state index in [1.807, 2.05) is 20.8 Å². The van der Waals surface area contributed by atoms with Gasteiger partial charge in [-0.2, -0.15) is 0 Å². The third-order valence-corrected chi connectivity index (χ3v) is 5.27. The third-order valence-electron chi connectivity index (χ3n) is 5.27. The van der Waals surface area contributed by atoms with E-state index >= 15 is 0 Å². The van der Waals surface area contributed by atoms with E-state index < -0.39 is 28.8 Å². The van der Waals surface area contributed by atoms with E-state index in [1.165, 1.54) is 32.4 Å². The van der Waals surface area contributed by atoms with Crippen molar-refractivity contribution in [2.24, 2.45) is 11.1 Å². The Morgan fingerprint density at radius 3 is 2.00 bits per heavy atom. The topological polar surface area (TPSA) is 117 Å². The highest BCUT2D eigenvalue weighted by Crippen LogP contribution is 2.50. The lowest BCUT2D eigenvalue weighted by molar-refractivity contribution is -0.166. The number of nitrogens with two attached hydrogens (primary N) is 1. The number of rotatable bonds is 6. The van der Waals surface area contributed by atoms with Crippen LogP contribution in [0.15, 0.2) is 18.2 Å². The van der Waals surface area contributed by atoms with Crippen LogP contribution in [0.4, 0.5) is 5.69 Å². The molecule has 1 amide bonds. The van der Waals surface area contributed by atoms with Crippen LogP contribution >= 0.6 is 12.4 Å². The Balaban J connectivity index is 0.00000392. The Kier molecular flexibility index (Phi) is 7.59. The van der Waals surface area contributed by atoms with Gasteiger partial charge in [0.15, 0.2) is 0 Å². The Labute approximate surface area is 170 Å². The highest BCUT2D eigenvalue weighted by molar-refractivity contribution is 6.03. The molecule has 1 aromatic rings. The number of halogens is 1. The maximum absolute atomic E-state index is 12.9. The number of anilines is 1. The maximum atomic E-state index is 12.9. The van der Waals surface area contributed by atoms with Crippen molar-refractivity contribution in [3.8, 4) is 0 Å². The van der Waals surface area contributed by atoms with Gasteiger partial charge in [0.1, 0.15) is 5.54 Å². The van der Waals surface area contributed by atoms with Gasteiger partial charge in [0, 0.05) is 24.1 Å². The smallest absolute Gasteiger partial charge is 0.337 e. The standard InChI is InChI=1S/C19H26N2O6.ClH/c1-6-27-14-10-19(20,18(14,2)3)17(24)21-13-8-11(15(22)25-4)7-12(9-13)16(23)26-5;/h7-9,14H,6,10,20H2,1-5H3,(H,21,24);1H. The zero-order valence-corrected chi connectivity index (χ0v) is 17.5. The molecule has 156 valence electrons. The minimum Gasteiger partial charge on any atom is -0.465 e. The van der Waals surface area contributed by atoms with Gasteiger partial charge in [-0.25, -0.2) is 9.59 Å². The van der Waals surface area contributed by atoms with Crippen molar-refractivity contribution >= 4 is 35.9 Å². The van der Waals surface area contributed by atoms with E-state index in [2.05, 4.69) is 5.32 Å². The van der Waals surface area contributed by atoms with Crippen molar-refractivity contribution < 1.29 is 28.6 Å². The predicted molar refractivity (Wildman–Crippen MR) is 106 cm³/mol. The molecule has 0 aromatic heterocycles. The molecule has 2 rings (SSSR count). The molecular weight excluding hydrogens is 388 g/mol. The number of esters is 2. The minimum atomic E-state index is -1.14. The first-order valence-corrected chi connectivity index (χ1v) is 8.64. The van der Waals surface area contributed by atoms with Gasteiger partial charge in [-0.3, -0.25) is 4.79 Å². The van der Waals surface area contributed by atoms with Crippen molar-refractivity contribution in [2.75, 3.05) is 26.1 Å². The summed E-state index contributed by atoms with van der Waals surface area (Å²) in [5.74, 6) is -1.69. The third kappa shape index (κ3) is 4.14. The van der Waals surface area contributed by atoms with Crippen LogP contribution < -0.4 is 11.1 Å². The first-order valence-electron chi connectivity index (χ1n) is 8.64. The molecule has 0 radical (unpaired) electrons. The van der Waals surface area contributed by atoms with Gasteiger partial charge < -0.3 is 25.3 Å². The highest BCUT2D eigenvalue weighted by Gasteiger charge is 2.62. The molecule has 28 heavy (non-hydrogen) atoms. The van der Waals surface area contributed by atoms with Crippen LogP contribution in [0.1, 0.15) is 47.9 Å². The van der Waals surface area contributed by atoms with E-state index in [0.29, 0.717) is 13.0 Å². The molecule has 9 heteroatoms. The summed E-state index contributed by atoms with van der Waals surface area (Å²) in [5.41, 5.74) is 5.13. The van der Waals surface area contributed by atoms with Gasteiger partial charge in [0.2, 0.25) is 5.91 Å². The largest absolute Gasteiger partial charge is 0.465 e. The molecule has 0 heterocycles. The second-order valence-corrected chi connectivity index (χ2v) is 7.08. The fraction of sp³-hybridized carbons (Fsp3) is 0.526. The number of hydrogen-bond acceptors (Lipinski definition) is 7. The van der Waals surface area contributed by atoms with Crippen molar-refractivity contribution in [3.05, 3.63) is 29.3 Å². The molecule has 1 fully saturated rings. The van der Waals surface area contributed by atoms with Gasteiger partial charge in [-0.05, 0) is 25.1 Å². The molecule has 0 saturated heterocycles. The fourth-order valence-electron chi connectivity index (χ4n) is 3.23. The van der Waals surface area contributed by atoms with E-state index in [4.69, 9.17) is 19.9 Å². The van der Waals surface area contributed by atoms with Gasteiger partial charge in [0.25, 0.3) is 0 Å². The van der Waals surface area contributed by atoms with Gasteiger partial charge >= 0.3 is 11.9 Å². The lowest BCUT2D eigenvalue weighted by Gasteiger charge is -2.57. The molecule has 1 aliphatic carbocycles. The summed E-state index contributed by atoms with van der Waals surface area (Å²) >= 11 is 0. The summed E-state index contributed by atoms with van der Waals surface area (Å²) in [6.45, 7) is 6.18. The maximum Gasteiger partial charge on any atom is 0.337 e. The number of amides is 1. The highest BCUT2D eigenvalue weighted by atomic mass is 35.5. The van der Waals surface area contributed by atoms with Crippen LogP contribution in [0.25, 0.3) is 0 Å². The van der Waals surface area contributed by atoms with E-state index in [0.717, 1.165) is 0 Å². The van der Waals surface area contributed by atoms with Crippen LogP contribution in [0.5, 0.6) is 0 Å². The SMILES string of the molecule is CCOC1CC(N)(C(=O)Nc2cc(C(=O)OC)cc(C(=O)OC)c2)C1(C)C.Cl. The zero-order chi connectivity index (χ0) is 20.4. The number of ether oxygens (including phenoxy) is 3. The van der Waals surface area contributed by atoms with E-state index in [-0.39, 0.29) is 35.3 Å². The summed E-state index contributed by atoms with van der Waals surface area (Å²) in [6.07, 6.45) is 0.255. The molecule has 0 aliphatic heterocycles. The molecule has 1 saturated carbocycles. The van der Waals surface area contributed by atoms with E-state index in [1.54, 1.807) is 0 Å². The first-order chi connectivity index (χ1) is 12.6. The van der Waals surface area contributed by atoms with Gasteiger partial charge in [-0.1, -0.05) is 13.8 Å². The number of carbonyl (C=O) groups is 3. The number of methoxy groups -OCH3 is 2. The number of hydrogen-bond donors (Lipinski definition) is 2. The summed E-state index contributed by atoms with van der Waals surface area (Å²) in [6, 6.07) is 4.18. The molecule has 1 aliphatic rings. The number of nitrogens with one attached hydrogen (secondary N) is 1. The van der Waals surface area contributed by atoms with Gasteiger partial charge in [-0.15, -0.1) is 12.4 Å². The van der Waals surface area contributed by atoms with Gasteiger partial charge in [0.05, 0.1) is 31.5 Å². The van der Waals surface area contributed by atoms with Crippen molar-refractivity contribution in [1.82, 2.24) is 0 Å². The van der Waals surface area contributed by atoms with Crippen molar-refractivity contribution in [1.29, 1.82) is 0 Å². The summed E-state index contributed by atoms with van der Waals surface area (Å²) < 4.78 is 15.0. The van der Waals surface area contributed by atoms with Crippen LogP contribution in [0.3, 0.4) is 0 Å². The Morgan fingerprint density at radius 2 is 1.61 bits per heavy atom. The summed E-state index contributed by atoms with van der Waals surface area (Å²) in [4.78, 5) is 36.6. The zero-order valence-electron chi connectivity index (χ0n) is 16.7. The second kappa shape index (κ2) is 8.89. The first kappa shape index (κ1) is 23.9. The van der Waals surface area contributed by atoms with Crippen molar-refractivity contribution in [3.63, 3.8) is 0 Å². The lowest BCUT2D eigenvalue weighted by atomic mass is 9.54.